The van der Waals surface area contributed by atoms with E-state index in [0.717, 1.165) is 5.69 Å². The van der Waals surface area contributed by atoms with Crippen LogP contribution in [0.15, 0.2) is 48.0 Å². The van der Waals surface area contributed by atoms with E-state index in [1.54, 1.807) is 49.6 Å². The summed E-state index contributed by atoms with van der Waals surface area (Å²) >= 11 is 0. The Hall–Kier alpha value is -3.85. The number of amides is 1. The van der Waals surface area contributed by atoms with E-state index in [1.807, 2.05) is 11.9 Å². The van der Waals surface area contributed by atoms with Crippen LogP contribution in [0.1, 0.15) is 30.5 Å². The SMILES string of the molecule is COCCCN1C(=O)C(=O)/C(=C(\O)c2ccc3c(c2)N(C)CCO3)C1c1cccc(OC(C)=O)c1. The van der Waals surface area contributed by atoms with Crippen LogP contribution in [0.4, 0.5) is 5.69 Å². The normalized spacial score (nSPS) is 18.9. The van der Waals surface area contributed by atoms with E-state index < -0.39 is 23.7 Å². The zero-order chi connectivity index (χ0) is 25.1. The molecule has 9 heteroatoms. The third-order valence-electron chi connectivity index (χ3n) is 6.05. The Bertz CT molecular complexity index is 1190. The van der Waals surface area contributed by atoms with Gasteiger partial charge in [0.1, 0.15) is 23.9 Å². The lowest BCUT2D eigenvalue weighted by atomic mass is 9.94. The molecule has 1 amide bonds. The lowest BCUT2D eigenvalue weighted by Gasteiger charge is -2.28. The molecule has 9 nitrogen and oxygen atoms in total. The number of Topliss-reactive ketones (excluding diaryl/α,β-unsaturated/α-hetero) is 1. The van der Waals surface area contributed by atoms with Crippen molar-refractivity contribution in [1.82, 2.24) is 4.90 Å². The van der Waals surface area contributed by atoms with E-state index in [1.165, 1.54) is 11.8 Å². The van der Waals surface area contributed by atoms with E-state index in [2.05, 4.69) is 0 Å². The van der Waals surface area contributed by atoms with Gasteiger partial charge in [0.15, 0.2) is 0 Å². The number of aliphatic hydroxyl groups excluding tert-OH is 1. The number of ketones is 1. The molecule has 0 saturated carbocycles. The van der Waals surface area contributed by atoms with Crippen LogP contribution < -0.4 is 14.4 Å². The van der Waals surface area contributed by atoms with Crippen LogP contribution in [0.25, 0.3) is 5.76 Å². The van der Waals surface area contributed by atoms with Crippen LogP contribution in [0.3, 0.4) is 0 Å². The summed E-state index contributed by atoms with van der Waals surface area (Å²) in [6, 6.07) is 10.9. The summed E-state index contributed by atoms with van der Waals surface area (Å²) in [5.41, 5.74) is 1.70. The minimum absolute atomic E-state index is 0.0216. The number of carbonyl (C=O) groups excluding carboxylic acids is 3. The molecule has 2 heterocycles. The van der Waals surface area contributed by atoms with Gasteiger partial charge in [0.25, 0.3) is 11.7 Å². The zero-order valence-corrected chi connectivity index (χ0v) is 19.9. The standard InChI is InChI=1S/C26H28N2O7/c1-16(29)35-19-7-4-6-17(14-19)23-22(25(31)26(32)28(23)10-5-12-33-3)24(30)18-8-9-21-20(15-18)27(2)11-13-34-21/h4,6-9,14-15,23,30H,5,10-13H2,1-3H3/b24-22-. The second-order valence-electron chi connectivity index (χ2n) is 8.46. The highest BCUT2D eigenvalue weighted by atomic mass is 16.5. The van der Waals surface area contributed by atoms with Crippen molar-refractivity contribution in [2.24, 2.45) is 0 Å². The highest BCUT2D eigenvalue weighted by molar-refractivity contribution is 6.46. The van der Waals surface area contributed by atoms with Crippen molar-refractivity contribution in [2.75, 3.05) is 45.4 Å². The van der Waals surface area contributed by atoms with Crippen molar-refractivity contribution in [3.63, 3.8) is 0 Å². The Labute approximate surface area is 203 Å². The van der Waals surface area contributed by atoms with Gasteiger partial charge in [-0.05, 0) is 42.3 Å². The van der Waals surface area contributed by atoms with Crippen molar-refractivity contribution >= 4 is 29.1 Å². The van der Waals surface area contributed by atoms with Gasteiger partial charge in [-0.3, -0.25) is 14.4 Å². The Morgan fingerprint density at radius 2 is 2.00 bits per heavy atom. The van der Waals surface area contributed by atoms with Crippen molar-refractivity contribution < 1.29 is 33.7 Å². The number of hydrogen-bond donors (Lipinski definition) is 1. The molecule has 0 aromatic heterocycles. The summed E-state index contributed by atoms with van der Waals surface area (Å²) < 4.78 is 16.0. The highest BCUT2D eigenvalue weighted by Gasteiger charge is 2.46. The lowest BCUT2D eigenvalue weighted by Crippen LogP contribution is -2.31. The number of anilines is 1. The van der Waals surface area contributed by atoms with Gasteiger partial charge in [-0.15, -0.1) is 0 Å². The van der Waals surface area contributed by atoms with Crippen molar-refractivity contribution in [2.45, 2.75) is 19.4 Å². The fourth-order valence-corrected chi connectivity index (χ4v) is 4.40. The van der Waals surface area contributed by atoms with Crippen LogP contribution in [-0.4, -0.2) is 68.1 Å². The van der Waals surface area contributed by atoms with Gasteiger partial charge in [-0.1, -0.05) is 12.1 Å². The molecule has 1 N–H and O–H groups in total. The van der Waals surface area contributed by atoms with Crippen LogP contribution in [-0.2, 0) is 19.1 Å². The van der Waals surface area contributed by atoms with E-state index in [9.17, 15) is 19.5 Å². The maximum Gasteiger partial charge on any atom is 0.308 e. The Kier molecular flexibility index (Phi) is 7.07. The molecule has 2 aromatic carbocycles. The average Bonchev–Trinajstić information content (AvgIpc) is 3.08. The molecule has 2 aliphatic heterocycles. The number of fused-ring (bicyclic) bond motifs is 1. The number of likely N-dealkylation sites (tertiary alicyclic amines) is 1. The van der Waals surface area contributed by atoms with Gasteiger partial charge < -0.3 is 29.1 Å². The third kappa shape index (κ3) is 4.85. The molecule has 2 aliphatic rings. The maximum atomic E-state index is 13.2. The lowest BCUT2D eigenvalue weighted by molar-refractivity contribution is -0.140. The van der Waals surface area contributed by atoms with Gasteiger partial charge in [0.2, 0.25) is 0 Å². The van der Waals surface area contributed by atoms with Crippen molar-refractivity contribution in [3.05, 3.63) is 59.2 Å². The quantitative estimate of drug-likeness (QED) is 0.161. The summed E-state index contributed by atoms with van der Waals surface area (Å²) in [5.74, 6) is -1.28. The summed E-state index contributed by atoms with van der Waals surface area (Å²) in [4.78, 5) is 41.2. The molecular formula is C26H28N2O7. The molecule has 35 heavy (non-hydrogen) atoms. The summed E-state index contributed by atoms with van der Waals surface area (Å²) in [7, 11) is 3.48. The number of likely N-dealkylation sites (N-methyl/N-ethyl adjacent to an activating group) is 1. The van der Waals surface area contributed by atoms with Crippen molar-refractivity contribution in [1.29, 1.82) is 0 Å². The second kappa shape index (κ2) is 10.2. The van der Waals surface area contributed by atoms with Crippen LogP contribution >= 0.6 is 0 Å². The van der Waals surface area contributed by atoms with E-state index in [0.29, 0.717) is 43.1 Å². The summed E-state index contributed by atoms with van der Waals surface area (Å²) in [6.45, 7) is 3.18. The van der Waals surface area contributed by atoms with Crippen molar-refractivity contribution in [3.8, 4) is 11.5 Å². The largest absolute Gasteiger partial charge is 0.507 e. The number of rotatable bonds is 7. The molecule has 184 valence electrons. The molecule has 0 radical (unpaired) electrons. The molecule has 1 atom stereocenters. The van der Waals surface area contributed by atoms with Gasteiger partial charge in [0, 0.05) is 39.8 Å². The number of hydrogen-bond acceptors (Lipinski definition) is 8. The van der Waals surface area contributed by atoms with Crippen LogP contribution in [0.5, 0.6) is 11.5 Å². The maximum absolute atomic E-state index is 13.2. The summed E-state index contributed by atoms with van der Waals surface area (Å²) in [6.07, 6.45) is 0.505. The number of nitrogens with zero attached hydrogens (tertiary/aromatic N) is 2. The minimum atomic E-state index is -0.854. The van der Waals surface area contributed by atoms with Crippen LogP contribution in [0, 0.1) is 0 Å². The number of ether oxygens (including phenoxy) is 3. The molecule has 4 rings (SSSR count). The molecule has 1 unspecified atom stereocenters. The number of aliphatic hydroxyl groups is 1. The van der Waals surface area contributed by atoms with Crippen LogP contribution in [0.2, 0.25) is 0 Å². The first-order valence-corrected chi connectivity index (χ1v) is 11.4. The molecule has 0 aliphatic carbocycles. The van der Waals surface area contributed by atoms with Gasteiger partial charge in [-0.25, -0.2) is 0 Å². The summed E-state index contributed by atoms with van der Waals surface area (Å²) in [5, 5.41) is 11.3. The first kappa shape index (κ1) is 24.3. The molecule has 1 saturated heterocycles. The fourth-order valence-electron chi connectivity index (χ4n) is 4.40. The monoisotopic (exact) mass is 480 g/mol. The number of benzene rings is 2. The first-order chi connectivity index (χ1) is 16.8. The Morgan fingerprint density at radius 1 is 1.20 bits per heavy atom. The van der Waals surface area contributed by atoms with Gasteiger partial charge in [-0.2, -0.15) is 0 Å². The molecule has 0 spiro atoms. The Balaban J connectivity index is 1.82. The fraction of sp³-hybridized carbons (Fsp3) is 0.346. The second-order valence-corrected chi connectivity index (χ2v) is 8.46. The third-order valence-corrected chi connectivity index (χ3v) is 6.05. The molecular weight excluding hydrogens is 452 g/mol. The number of carbonyl (C=O) groups is 3. The predicted octanol–water partition coefficient (Wildman–Crippen LogP) is 2.90. The zero-order valence-electron chi connectivity index (χ0n) is 19.9. The molecule has 0 bridgehead atoms. The van der Waals surface area contributed by atoms with E-state index in [-0.39, 0.29) is 23.6 Å². The van der Waals surface area contributed by atoms with Gasteiger partial charge >= 0.3 is 5.97 Å². The molecule has 2 aromatic rings. The predicted molar refractivity (Wildman–Crippen MR) is 128 cm³/mol. The van der Waals surface area contributed by atoms with E-state index in [4.69, 9.17) is 14.2 Å². The number of esters is 1. The van der Waals surface area contributed by atoms with E-state index >= 15 is 0 Å². The minimum Gasteiger partial charge on any atom is -0.507 e. The first-order valence-electron chi connectivity index (χ1n) is 11.4. The Morgan fingerprint density at radius 3 is 2.74 bits per heavy atom. The van der Waals surface area contributed by atoms with Gasteiger partial charge in [0.05, 0.1) is 23.8 Å². The smallest absolute Gasteiger partial charge is 0.308 e. The topological polar surface area (TPSA) is 106 Å². The highest BCUT2D eigenvalue weighted by Crippen LogP contribution is 2.41. The average molecular weight is 481 g/mol. The molecule has 1 fully saturated rings. The number of methoxy groups -OCH3 is 1.